The van der Waals surface area contributed by atoms with E-state index in [2.05, 4.69) is 6.92 Å². The monoisotopic (exact) mass is 350 g/mol. The Morgan fingerprint density at radius 3 is 2.81 bits per heavy atom. The van der Waals surface area contributed by atoms with E-state index in [1.54, 1.807) is 18.2 Å². The molecule has 4 rings (SSSR count). The van der Waals surface area contributed by atoms with Crippen molar-refractivity contribution in [2.24, 2.45) is 5.92 Å². The van der Waals surface area contributed by atoms with Gasteiger partial charge in [-0.15, -0.1) is 0 Å². The molecule has 1 saturated heterocycles. The van der Waals surface area contributed by atoms with Crippen molar-refractivity contribution in [3.05, 3.63) is 64.9 Å². The van der Waals surface area contributed by atoms with Crippen LogP contribution >= 0.6 is 0 Å². The van der Waals surface area contributed by atoms with E-state index in [0.29, 0.717) is 29.5 Å². The van der Waals surface area contributed by atoms with Crippen LogP contribution in [0.25, 0.3) is 6.08 Å². The van der Waals surface area contributed by atoms with Crippen LogP contribution in [-0.4, -0.2) is 24.0 Å². The number of allylic oxidation sites excluding steroid dienone is 1. The second-order valence-electron chi connectivity index (χ2n) is 7.42. The molecule has 2 N–H and O–H groups in total. The predicted molar refractivity (Wildman–Crippen MR) is 100 cm³/mol. The Hall–Kier alpha value is -2.59. The molecule has 2 atom stereocenters. The van der Waals surface area contributed by atoms with Crippen LogP contribution in [-0.2, 0) is 6.54 Å². The number of hydrogen-bond acceptors (Lipinski definition) is 3. The second-order valence-corrected chi connectivity index (χ2v) is 7.42. The molecule has 0 spiro atoms. The number of nitrogens with one attached hydrogen (secondary N) is 1. The van der Waals surface area contributed by atoms with E-state index in [4.69, 9.17) is 4.74 Å². The summed E-state index contributed by atoms with van der Waals surface area (Å²) in [5.41, 5.74) is 2.21. The number of piperidine rings is 1. The highest BCUT2D eigenvalue weighted by atomic mass is 16.5. The van der Waals surface area contributed by atoms with Gasteiger partial charge in [0.1, 0.15) is 12.3 Å². The maximum atomic E-state index is 12.7. The summed E-state index contributed by atoms with van der Waals surface area (Å²) in [6.45, 7) is 5.14. The number of ether oxygens (including phenoxy) is 1. The van der Waals surface area contributed by atoms with E-state index in [1.807, 2.05) is 30.3 Å². The summed E-state index contributed by atoms with van der Waals surface area (Å²) in [7, 11) is 0. The van der Waals surface area contributed by atoms with Gasteiger partial charge in [0.2, 0.25) is 5.78 Å². The fraction of sp³-hybridized carbons (Fsp3) is 0.318. The van der Waals surface area contributed by atoms with Gasteiger partial charge in [0.25, 0.3) is 0 Å². The number of phenols is 1. The molecule has 2 aromatic carbocycles. The largest absolute Gasteiger partial charge is 0.507 e. The van der Waals surface area contributed by atoms with Gasteiger partial charge in [0.05, 0.1) is 24.2 Å². The molecule has 1 fully saturated rings. The minimum absolute atomic E-state index is 0.118. The molecule has 26 heavy (non-hydrogen) atoms. The standard InChI is InChI=1S/C22H23NO3/c1-15-6-5-11-23(13-15)14-18-19(24)10-9-17-21(25)20(26-22(17)18)12-16-7-3-2-4-8-16/h2-4,7-10,12,15,24H,5-6,11,13-14H2,1H3/p+1/b20-12-/t15-/m1/s1. The van der Waals surface area contributed by atoms with Crippen LogP contribution < -0.4 is 9.64 Å². The van der Waals surface area contributed by atoms with Crippen LogP contribution in [0.2, 0.25) is 0 Å². The number of aromatic hydroxyl groups is 1. The zero-order valence-electron chi connectivity index (χ0n) is 15.0. The molecule has 0 amide bonds. The summed E-state index contributed by atoms with van der Waals surface area (Å²) in [4.78, 5) is 14.2. The van der Waals surface area contributed by atoms with Crippen molar-refractivity contribution in [2.45, 2.75) is 26.3 Å². The van der Waals surface area contributed by atoms with Gasteiger partial charge < -0.3 is 14.7 Å². The van der Waals surface area contributed by atoms with Gasteiger partial charge in [-0.1, -0.05) is 37.3 Å². The number of Topliss-reactive ketones (excluding diaryl/α,β-unsaturated/α-hetero) is 1. The average Bonchev–Trinajstić information content (AvgIpc) is 2.95. The van der Waals surface area contributed by atoms with Gasteiger partial charge in [-0.2, -0.15) is 0 Å². The van der Waals surface area contributed by atoms with Crippen molar-refractivity contribution in [3.63, 3.8) is 0 Å². The first-order chi connectivity index (χ1) is 12.6. The minimum atomic E-state index is -0.118. The highest BCUT2D eigenvalue weighted by molar-refractivity contribution is 6.14. The molecule has 0 saturated carbocycles. The zero-order valence-corrected chi connectivity index (χ0v) is 15.0. The van der Waals surface area contributed by atoms with Crippen molar-refractivity contribution < 1.29 is 19.5 Å². The van der Waals surface area contributed by atoms with Crippen LogP contribution in [0.3, 0.4) is 0 Å². The van der Waals surface area contributed by atoms with Gasteiger partial charge in [0.15, 0.2) is 11.5 Å². The first-order valence-corrected chi connectivity index (χ1v) is 9.29. The molecule has 0 radical (unpaired) electrons. The summed E-state index contributed by atoms with van der Waals surface area (Å²) in [6.07, 6.45) is 4.23. The molecule has 2 aromatic rings. The van der Waals surface area contributed by atoms with E-state index in [0.717, 1.165) is 24.2 Å². The summed E-state index contributed by atoms with van der Waals surface area (Å²) >= 11 is 0. The zero-order chi connectivity index (χ0) is 18.1. The number of fused-ring (bicyclic) bond motifs is 1. The van der Waals surface area contributed by atoms with Gasteiger partial charge in [-0.3, -0.25) is 4.79 Å². The van der Waals surface area contributed by atoms with Gasteiger partial charge >= 0.3 is 0 Å². The summed E-state index contributed by atoms with van der Waals surface area (Å²) in [5.74, 6) is 1.63. The third kappa shape index (κ3) is 3.25. The van der Waals surface area contributed by atoms with Crippen molar-refractivity contribution in [1.82, 2.24) is 0 Å². The Kier molecular flexibility index (Phi) is 4.51. The highest BCUT2D eigenvalue weighted by Gasteiger charge is 2.33. The first-order valence-electron chi connectivity index (χ1n) is 9.29. The number of phenolic OH excluding ortho intramolecular Hbond substituents is 1. The fourth-order valence-corrected chi connectivity index (χ4v) is 3.98. The molecular weight excluding hydrogens is 326 g/mol. The summed E-state index contributed by atoms with van der Waals surface area (Å²) < 4.78 is 5.94. The van der Waals surface area contributed by atoms with Crippen molar-refractivity contribution in [1.29, 1.82) is 0 Å². The number of rotatable bonds is 3. The Balaban J connectivity index is 1.64. The minimum Gasteiger partial charge on any atom is -0.507 e. The number of carbonyl (C=O) groups is 1. The molecule has 0 aliphatic carbocycles. The Morgan fingerprint density at radius 2 is 2.04 bits per heavy atom. The quantitative estimate of drug-likeness (QED) is 0.837. The summed E-state index contributed by atoms with van der Waals surface area (Å²) in [6, 6.07) is 12.9. The van der Waals surface area contributed by atoms with Gasteiger partial charge in [0, 0.05) is 5.92 Å². The van der Waals surface area contributed by atoms with Gasteiger partial charge in [-0.05, 0) is 36.6 Å². The summed E-state index contributed by atoms with van der Waals surface area (Å²) in [5, 5.41) is 10.4. The number of quaternary nitrogens is 1. The predicted octanol–water partition coefficient (Wildman–Crippen LogP) is 2.82. The van der Waals surface area contributed by atoms with Crippen molar-refractivity contribution in [2.75, 3.05) is 13.1 Å². The SMILES string of the molecule is C[C@@H]1CCC[NH+](Cc2c(O)ccc3c2O/C(=C\c2ccccc2)C3=O)C1. The smallest absolute Gasteiger partial charge is 0.231 e. The third-order valence-electron chi connectivity index (χ3n) is 5.30. The molecule has 2 aliphatic rings. The van der Waals surface area contributed by atoms with Crippen molar-refractivity contribution in [3.8, 4) is 11.5 Å². The topological polar surface area (TPSA) is 51.0 Å². The van der Waals surface area contributed by atoms with Crippen LogP contribution in [0.4, 0.5) is 0 Å². The van der Waals surface area contributed by atoms with E-state index in [1.165, 1.54) is 17.7 Å². The number of benzene rings is 2. The van der Waals surface area contributed by atoms with E-state index in [-0.39, 0.29) is 11.5 Å². The molecule has 0 aromatic heterocycles. The molecule has 2 heterocycles. The Bertz CT molecular complexity index is 857. The fourth-order valence-electron chi connectivity index (χ4n) is 3.98. The van der Waals surface area contributed by atoms with Crippen LogP contribution in [0.15, 0.2) is 48.2 Å². The first kappa shape index (κ1) is 16.9. The van der Waals surface area contributed by atoms with E-state index >= 15 is 0 Å². The normalized spacial score (nSPS) is 23.7. The Labute approximate surface area is 153 Å². The molecule has 134 valence electrons. The number of carbonyl (C=O) groups excluding carboxylic acids is 1. The van der Waals surface area contributed by atoms with Gasteiger partial charge in [-0.25, -0.2) is 0 Å². The molecule has 1 unspecified atom stereocenters. The molecule has 0 bridgehead atoms. The molecule has 4 nitrogen and oxygen atoms in total. The average molecular weight is 350 g/mol. The van der Waals surface area contributed by atoms with Crippen LogP contribution in [0, 0.1) is 5.92 Å². The molecular formula is C22H24NO3+. The maximum absolute atomic E-state index is 12.7. The number of likely N-dealkylation sites (tertiary alicyclic amines) is 1. The van der Waals surface area contributed by atoms with E-state index in [9.17, 15) is 9.90 Å². The molecule has 2 aliphatic heterocycles. The maximum Gasteiger partial charge on any atom is 0.231 e. The number of hydrogen-bond donors (Lipinski definition) is 2. The lowest BCUT2D eigenvalue weighted by Gasteiger charge is -2.28. The second kappa shape index (κ2) is 6.96. The lowest BCUT2D eigenvalue weighted by Crippen LogP contribution is -3.12. The number of ketones is 1. The van der Waals surface area contributed by atoms with Crippen LogP contribution in [0.5, 0.6) is 11.5 Å². The van der Waals surface area contributed by atoms with E-state index < -0.39 is 0 Å². The van der Waals surface area contributed by atoms with Crippen molar-refractivity contribution >= 4 is 11.9 Å². The highest BCUT2D eigenvalue weighted by Crippen LogP contribution is 2.39. The van der Waals surface area contributed by atoms with Crippen LogP contribution in [0.1, 0.15) is 41.3 Å². The molecule has 4 heteroatoms. The lowest BCUT2D eigenvalue weighted by molar-refractivity contribution is -0.922. The lowest BCUT2D eigenvalue weighted by atomic mass is 9.99. The third-order valence-corrected chi connectivity index (χ3v) is 5.30. The Morgan fingerprint density at radius 1 is 1.23 bits per heavy atom.